The summed E-state index contributed by atoms with van der Waals surface area (Å²) >= 11 is 11.5. The van der Waals surface area contributed by atoms with Crippen molar-refractivity contribution < 1.29 is 9.13 Å². The van der Waals surface area contributed by atoms with Crippen molar-refractivity contribution in [2.75, 3.05) is 0 Å². The Hall–Kier alpha value is -0.980. The lowest BCUT2D eigenvalue weighted by atomic mass is 10.2. The topological polar surface area (TPSA) is 35.2 Å². The minimum absolute atomic E-state index is 0.315. The molecule has 6 heteroatoms. The van der Waals surface area contributed by atoms with Crippen LogP contribution >= 0.6 is 44.1 Å². The second kappa shape index (κ2) is 5.98. The Bertz CT molecular complexity index is 649. The zero-order valence-electron chi connectivity index (χ0n) is 9.49. The van der Waals surface area contributed by atoms with Crippen molar-refractivity contribution in [3.05, 3.63) is 56.7 Å². The maximum absolute atomic E-state index is 13.0. The Kier molecular flexibility index (Phi) is 4.54. The number of nitrogens with two attached hydrogens (primary N) is 1. The molecule has 0 aliphatic carbocycles. The fourth-order valence-electron chi connectivity index (χ4n) is 1.41. The Morgan fingerprint density at radius 2 is 1.63 bits per heavy atom. The van der Waals surface area contributed by atoms with E-state index in [1.54, 1.807) is 24.3 Å². The van der Waals surface area contributed by atoms with Crippen LogP contribution in [0.15, 0.2) is 45.3 Å². The first-order valence-electron chi connectivity index (χ1n) is 5.19. The lowest BCUT2D eigenvalue weighted by Gasteiger charge is -2.10. The van der Waals surface area contributed by atoms with Gasteiger partial charge in [-0.25, -0.2) is 4.39 Å². The van der Waals surface area contributed by atoms with E-state index in [-0.39, 0.29) is 5.82 Å². The summed E-state index contributed by atoms with van der Waals surface area (Å²) in [5, 5.41) is 0. The van der Waals surface area contributed by atoms with Crippen LogP contribution in [0, 0.1) is 5.82 Å². The van der Waals surface area contributed by atoms with E-state index in [2.05, 4.69) is 31.9 Å². The zero-order valence-corrected chi connectivity index (χ0v) is 13.5. The molecule has 2 rings (SSSR count). The van der Waals surface area contributed by atoms with Crippen molar-refractivity contribution in [3.8, 4) is 11.5 Å². The molecule has 0 aliphatic heterocycles. The second-order valence-electron chi connectivity index (χ2n) is 3.69. The molecule has 2 aromatic rings. The van der Waals surface area contributed by atoms with Crippen molar-refractivity contribution in [1.82, 2.24) is 0 Å². The van der Waals surface area contributed by atoms with E-state index in [0.29, 0.717) is 25.4 Å². The van der Waals surface area contributed by atoms with E-state index >= 15 is 0 Å². The lowest BCUT2D eigenvalue weighted by molar-refractivity contribution is 0.474. The highest BCUT2D eigenvalue weighted by Gasteiger charge is 2.08. The number of hydrogen-bond donors (Lipinski definition) is 1. The second-order valence-corrected chi connectivity index (χ2v) is 5.83. The minimum Gasteiger partial charge on any atom is -0.455 e. The van der Waals surface area contributed by atoms with Crippen LogP contribution in [0.3, 0.4) is 0 Å². The summed E-state index contributed by atoms with van der Waals surface area (Å²) in [6, 6.07) is 9.50. The van der Waals surface area contributed by atoms with Gasteiger partial charge in [0.2, 0.25) is 0 Å². The number of halogens is 3. The van der Waals surface area contributed by atoms with Gasteiger partial charge in [0.25, 0.3) is 0 Å². The molecular formula is C13H8Br2FNOS. The van der Waals surface area contributed by atoms with E-state index in [0.717, 1.165) is 5.56 Å². The van der Waals surface area contributed by atoms with Gasteiger partial charge in [0.05, 0.1) is 8.95 Å². The predicted molar refractivity (Wildman–Crippen MR) is 84.2 cm³/mol. The van der Waals surface area contributed by atoms with Gasteiger partial charge in [-0.1, -0.05) is 12.2 Å². The van der Waals surface area contributed by atoms with Crippen LogP contribution in [0.1, 0.15) is 5.56 Å². The quantitative estimate of drug-likeness (QED) is 0.747. The largest absolute Gasteiger partial charge is 0.455 e. The predicted octanol–water partition coefficient (Wildman–Crippen LogP) is 4.78. The van der Waals surface area contributed by atoms with Crippen LogP contribution in [0.4, 0.5) is 4.39 Å². The Labute approximate surface area is 132 Å². The molecule has 0 fully saturated rings. The van der Waals surface area contributed by atoms with Crippen molar-refractivity contribution >= 4 is 49.1 Å². The number of ether oxygens (including phenoxy) is 1. The molecule has 0 aromatic heterocycles. The molecule has 19 heavy (non-hydrogen) atoms. The Morgan fingerprint density at radius 3 is 2.16 bits per heavy atom. The number of rotatable bonds is 3. The molecule has 0 aliphatic rings. The highest BCUT2D eigenvalue weighted by Crippen LogP contribution is 2.34. The molecule has 98 valence electrons. The lowest BCUT2D eigenvalue weighted by Crippen LogP contribution is -2.09. The van der Waals surface area contributed by atoms with E-state index in [1.165, 1.54) is 12.1 Å². The van der Waals surface area contributed by atoms with Crippen LogP contribution in [0.25, 0.3) is 0 Å². The molecule has 0 saturated heterocycles. The maximum atomic E-state index is 13.0. The molecule has 0 amide bonds. The van der Waals surface area contributed by atoms with Crippen LogP contribution < -0.4 is 10.5 Å². The molecule has 2 aromatic carbocycles. The minimum atomic E-state index is -0.331. The number of hydrogen-bond acceptors (Lipinski definition) is 2. The van der Waals surface area contributed by atoms with Crippen molar-refractivity contribution in [3.63, 3.8) is 0 Å². The van der Waals surface area contributed by atoms with Crippen molar-refractivity contribution in [2.45, 2.75) is 0 Å². The van der Waals surface area contributed by atoms with E-state index in [9.17, 15) is 4.39 Å². The van der Waals surface area contributed by atoms with E-state index in [4.69, 9.17) is 22.7 Å². The normalized spacial score (nSPS) is 10.3. The van der Waals surface area contributed by atoms with Crippen molar-refractivity contribution in [1.29, 1.82) is 0 Å². The average Bonchev–Trinajstić information content (AvgIpc) is 2.34. The molecule has 0 saturated carbocycles. The molecule has 0 atom stereocenters. The van der Waals surface area contributed by atoms with Crippen molar-refractivity contribution in [2.24, 2.45) is 5.73 Å². The third kappa shape index (κ3) is 3.52. The van der Waals surface area contributed by atoms with Gasteiger partial charge in [0.15, 0.2) is 0 Å². The summed E-state index contributed by atoms with van der Waals surface area (Å²) in [6.45, 7) is 0. The van der Waals surface area contributed by atoms with Crippen LogP contribution in [-0.4, -0.2) is 4.99 Å². The van der Waals surface area contributed by atoms with Crippen LogP contribution in [0.5, 0.6) is 11.5 Å². The van der Waals surface area contributed by atoms with Gasteiger partial charge in [0, 0.05) is 5.56 Å². The van der Waals surface area contributed by atoms with Gasteiger partial charge < -0.3 is 10.5 Å². The first-order chi connectivity index (χ1) is 8.97. The van der Waals surface area contributed by atoms with Crippen LogP contribution in [0.2, 0.25) is 0 Å². The maximum Gasteiger partial charge on any atom is 0.141 e. The first kappa shape index (κ1) is 14.4. The molecule has 0 radical (unpaired) electrons. The number of thiocarbonyl (C=S) groups is 1. The molecule has 2 N–H and O–H groups in total. The standard InChI is InChI=1S/C13H8Br2FNOS/c14-9-5-7(13(17)19)1-3-11(9)18-12-4-2-8(16)6-10(12)15/h1-6H,(H2,17,19). The van der Waals surface area contributed by atoms with Gasteiger partial charge in [-0.2, -0.15) is 0 Å². The fourth-order valence-corrected chi connectivity index (χ4v) is 2.43. The van der Waals surface area contributed by atoms with Crippen LogP contribution in [-0.2, 0) is 0 Å². The molecule has 0 heterocycles. The summed E-state index contributed by atoms with van der Waals surface area (Å²) in [6.07, 6.45) is 0. The van der Waals surface area contributed by atoms with Gasteiger partial charge in [-0.15, -0.1) is 0 Å². The molecular weight excluding hydrogens is 397 g/mol. The summed E-state index contributed by atoms with van der Waals surface area (Å²) in [5.41, 5.74) is 6.29. The summed E-state index contributed by atoms with van der Waals surface area (Å²) < 4.78 is 19.9. The van der Waals surface area contributed by atoms with E-state index in [1.807, 2.05) is 0 Å². The van der Waals surface area contributed by atoms with Gasteiger partial charge in [-0.05, 0) is 68.3 Å². The molecule has 0 unspecified atom stereocenters. The first-order valence-corrected chi connectivity index (χ1v) is 7.19. The monoisotopic (exact) mass is 403 g/mol. The molecule has 0 spiro atoms. The molecule has 0 bridgehead atoms. The highest BCUT2D eigenvalue weighted by molar-refractivity contribution is 9.11. The zero-order chi connectivity index (χ0) is 14.0. The molecule has 2 nitrogen and oxygen atoms in total. The van der Waals surface area contributed by atoms with Gasteiger partial charge in [0.1, 0.15) is 22.3 Å². The SMILES string of the molecule is NC(=S)c1ccc(Oc2ccc(F)cc2Br)c(Br)c1. The van der Waals surface area contributed by atoms with Gasteiger partial charge >= 0.3 is 0 Å². The fraction of sp³-hybridized carbons (Fsp3) is 0. The summed E-state index contributed by atoms with van der Waals surface area (Å²) in [5.74, 6) is 0.777. The summed E-state index contributed by atoms with van der Waals surface area (Å²) in [4.78, 5) is 0.315. The Morgan fingerprint density at radius 1 is 1.05 bits per heavy atom. The van der Waals surface area contributed by atoms with E-state index < -0.39 is 0 Å². The highest BCUT2D eigenvalue weighted by atomic mass is 79.9. The average molecular weight is 405 g/mol. The third-order valence-electron chi connectivity index (χ3n) is 2.33. The third-order valence-corrected chi connectivity index (χ3v) is 3.81. The van der Waals surface area contributed by atoms with Gasteiger partial charge in [-0.3, -0.25) is 0 Å². The smallest absolute Gasteiger partial charge is 0.141 e. The Balaban J connectivity index is 2.31. The summed E-state index contributed by atoms with van der Waals surface area (Å²) in [7, 11) is 0. The number of benzene rings is 2.